The van der Waals surface area contributed by atoms with E-state index in [2.05, 4.69) is 9.97 Å². The predicted octanol–water partition coefficient (Wildman–Crippen LogP) is 4.47. The summed E-state index contributed by atoms with van der Waals surface area (Å²) < 4.78 is 13.3. The molecular weight excluding hydrogens is 357 g/mol. The zero-order valence-electron chi connectivity index (χ0n) is 14.2. The molecule has 1 amide bonds. The Morgan fingerprint density at radius 3 is 2.56 bits per heavy atom. The van der Waals surface area contributed by atoms with Gasteiger partial charge in [0.25, 0.3) is 0 Å². The van der Waals surface area contributed by atoms with Crippen LogP contribution in [0.2, 0.25) is 0 Å². The van der Waals surface area contributed by atoms with Crippen molar-refractivity contribution in [2.45, 2.75) is 37.5 Å². The number of aryl methyl sites for hydroxylation is 2. The molecule has 0 saturated heterocycles. The lowest BCUT2D eigenvalue weighted by Crippen LogP contribution is -2.25. The molecule has 1 unspecified atom stereocenters. The van der Waals surface area contributed by atoms with E-state index >= 15 is 0 Å². The number of primary amides is 1. The summed E-state index contributed by atoms with van der Waals surface area (Å²) in [5.74, 6) is 0.0239. The second-order valence-electron chi connectivity index (χ2n) is 5.71. The van der Waals surface area contributed by atoms with E-state index in [0.29, 0.717) is 12.2 Å². The molecule has 0 saturated carbocycles. The highest BCUT2D eigenvalue weighted by atomic mass is 32.2. The molecule has 0 fully saturated rings. The summed E-state index contributed by atoms with van der Waals surface area (Å²) in [5.41, 5.74) is 7.40. The van der Waals surface area contributed by atoms with Gasteiger partial charge >= 0.3 is 0 Å². The first-order chi connectivity index (χ1) is 11.9. The average Bonchev–Trinajstić information content (AvgIpc) is 2.88. The van der Waals surface area contributed by atoms with Gasteiger partial charge < -0.3 is 5.73 Å². The highest BCUT2D eigenvalue weighted by molar-refractivity contribution is 8.00. The number of benzene rings is 1. The minimum absolute atomic E-state index is 0.276. The van der Waals surface area contributed by atoms with Crippen LogP contribution < -0.4 is 5.73 Å². The van der Waals surface area contributed by atoms with Crippen LogP contribution in [0.4, 0.5) is 4.39 Å². The predicted molar refractivity (Wildman–Crippen MR) is 101 cm³/mol. The van der Waals surface area contributed by atoms with Crippen molar-refractivity contribution < 1.29 is 9.18 Å². The van der Waals surface area contributed by atoms with E-state index in [4.69, 9.17) is 5.73 Å². The Hall–Kier alpha value is -1.99. The van der Waals surface area contributed by atoms with Crippen LogP contribution in [0, 0.1) is 19.7 Å². The van der Waals surface area contributed by atoms with E-state index in [0.717, 1.165) is 31.2 Å². The summed E-state index contributed by atoms with van der Waals surface area (Å²) in [6.45, 7) is 5.77. The van der Waals surface area contributed by atoms with Crippen molar-refractivity contribution in [3.05, 3.63) is 40.8 Å². The normalized spacial score (nSPS) is 12.5. The molecule has 7 heteroatoms. The molecule has 0 aliphatic heterocycles. The molecule has 2 aromatic heterocycles. The van der Waals surface area contributed by atoms with Crippen LogP contribution in [-0.2, 0) is 4.79 Å². The summed E-state index contributed by atoms with van der Waals surface area (Å²) in [6.07, 6.45) is 0.625. The van der Waals surface area contributed by atoms with E-state index in [9.17, 15) is 9.18 Å². The first kappa shape index (κ1) is 17.8. The first-order valence-corrected chi connectivity index (χ1v) is 9.60. The third kappa shape index (κ3) is 3.52. The van der Waals surface area contributed by atoms with Crippen LogP contribution in [0.1, 0.15) is 24.0 Å². The van der Waals surface area contributed by atoms with Crippen molar-refractivity contribution in [1.29, 1.82) is 0 Å². The van der Waals surface area contributed by atoms with E-state index in [1.807, 2.05) is 20.8 Å². The van der Waals surface area contributed by atoms with Gasteiger partial charge in [0.15, 0.2) is 0 Å². The van der Waals surface area contributed by atoms with Gasteiger partial charge in [-0.3, -0.25) is 4.79 Å². The van der Waals surface area contributed by atoms with Crippen molar-refractivity contribution >= 4 is 39.2 Å². The number of thioether (sulfide) groups is 1. The molecule has 3 aromatic rings. The lowest BCUT2D eigenvalue weighted by molar-refractivity contribution is -0.117. The largest absolute Gasteiger partial charge is 0.369 e. The van der Waals surface area contributed by atoms with Gasteiger partial charge in [-0.25, -0.2) is 14.4 Å². The average molecular weight is 375 g/mol. The third-order valence-corrected chi connectivity index (χ3v) is 6.25. The Morgan fingerprint density at radius 1 is 1.28 bits per heavy atom. The monoisotopic (exact) mass is 375 g/mol. The van der Waals surface area contributed by atoms with Crippen molar-refractivity contribution in [3.8, 4) is 11.1 Å². The van der Waals surface area contributed by atoms with Gasteiger partial charge in [-0.2, -0.15) is 0 Å². The van der Waals surface area contributed by atoms with Gasteiger partial charge in [-0.1, -0.05) is 30.8 Å². The van der Waals surface area contributed by atoms with Crippen LogP contribution in [0.5, 0.6) is 0 Å². The van der Waals surface area contributed by atoms with E-state index in [1.54, 1.807) is 23.5 Å². The Morgan fingerprint density at radius 2 is 1.96 bits per heavy atom. The van der Waals surface area contributed by atoms with Gasteiger partial charge in [0.2, 0.25) is 5.91 Å². The molecule has 25 heavy (non-hydrogen) atoms. The molecule has 4 nitrogen and oxygen atoms in total. The molecule has 3 rings (SSSR count). The second-order valence-corrected chi connectivity index (χ2v) is 8.11. The molecule has 2 N–H and O–H groups in total. The van der Waals surface area contributed by atoms with Crippen molar-refractivity contribution in [1.82, 2.24) is 9.97 Å². The Balaban J connectivity index is 2.22. The Bertz CT molecular complexity index is 938. The van der Waals surface area contributed by atoms with Crippen LogP contribution in [-0.4, -0.2) is 21.1 Å². The quantitative estimate of drug-likeness (QED) is 0.528. The second kappa shape index (κ2) is 7.09. The van der Waals surface area contributed by atoms with E-state index < -0.39 is 0 Å². The highest BCUT2D eigenvalue weighted by Crippen LogP contribution is 2.42. The number of thiophene rings is 1. The molecule has 130 valence electrons. The summed E-state index contributed by atoms with van der Waals surface area (Å²) in [6, 6.07) is 6.39. The van der Waals surface area contributed by atoms with Gasteiger partial charge in [0.05, 0.1) is 10.6 Å². The van der Waals surface area contributed by atoms with Gasteiger partial charge in [0, 0.05) is 10.4 Å². The zero-order valence-corrected chi connectivity index (χ0v) is 15.8. The molecule has 0 radical (unpaired) electrons. The van der Waals surface area contributed by atoms with Gasteiger partial charge in [0.1, 0.15) is 21.5 Å². The fourth-order valence-corrected chi connectivity index (χ4v) is 4.92. The van der Waals surface area contributed by atoms with Crippen molar-refractivity contribution in [3.63, 3.8) is 0 Å². The topological polar surface area (TPSA) is 68.9 Å². The lowest BCUT2D eigenvalue weighted by Gasteiger charge is -2.12. The number of halogens is 1. The number of amides is 1. The van der Waals surface area contributed by atoms with Gasteiger partial charge in [-0.15, -0.1) is 11.3 Å². The molecular formula is C18H18FN3OS2. The maximum Gasteiger partial charge on any atom is 0.230 e. The molecule has 2 heterocycles. The fourth-order valence-electron chi connectivity index (χ4n) is 2.71. The molecule has 1 aromatic carbocycles. The third-order valence-electron chi connectivity index (χ3n) is 3.88. The number of nitrogens with zero attached hydrogens (tertiary/aromatic N) is 2. The number of aromatic nitrogens is 2. The maximum atomic E-state index is 13.3. The highest BCUT2D eigenvalue weighted by Gasteiger charge is 2.22. The Labute approximate surface area is 153 Å². The molecule has 0 aliphatic rings. The van der Waals surface area contributed by atoms with Crippen LogP contribution in [0.25, 0.3) is 21.3 Å². The number of nitrogens with two attached hydrogens (primary N) is 1. The first-order valence-electron chi connectivity index (χ1n) is 7.90. The zero-order chi connectivity index (χ0) is 18.1. The number of hydrogen-bond acceptors (Lipinski definition) is 5. The Kier molecular flexibility index (Phi) is 5.06. The SMILES string of the molecule is CCC(Sc1nc(C)nc2sc(C)c(-c3ccc(F)cc3)c12)C(N)=O. The minimum atomic E-state index is -0.354. The number of hydrogen-bond donors (Lipinski definition) is 1. The smallest absolute Gasteiger partial charge is 0.230 e. The molecule has 0 bridgehead atoms. The van der Waals surface area contributed by atoms with E-state index in [1.165, 1.54) is 23.9 Å². The molecule has 0 spiro atoms. The summed E-state index contributed by atoms with van der Waals surface area (Å²) in [5, 5.41) is 1.31. The van der Waals surface area contributed by atoms with Crippen molar-refractivity contribution in [2.24, 2.45) is 5.73 Å². The lowest BCUT2D eigenvalue weighted by atomic mass is 10.0. The maximum absolute atomic E-state index is 13.3. The molecule has 0 aliphatic carbocycles. The van der Waals surface area contributed by atoms with Crippen molar-refractivity contribution in [2.75, 3.05) is 0 Å². The fraction of sp³-hybridized carbons (Fsp3) is 0.278. The number of fused-ring (bicyclic) bond motifs is 1. The van der Waals surface area contributed by atoms with Gasteiger partial charge in [-0.05, 0) is 38.0 Å². The standard InChI is InChI=1S/C18H18FN3OS2/c1-4-13(16(20)23)25-18-15-14(11-5-7-12(19)8-6-11)9(2)24-17(15)21-10(3)22-18/h5-8,13H,4H2,1-3H3,(H2,20,23). The molecule has 1 atom stereocenters. The number of rotatable bonds is 5. The minimum Gasteiger partial charge on any atom is -0.369 e. The summed E-state index contributed by atoms with van der Waals surface area (Å²) in [7, 11) is 0. The van der Waals surface area contributed by atoms with Crippen LogP contribution >= 0.6 is 23.1 Å². The number of carbonyl (C=O) groups excluding carboxylic acids is 1. The summed E-state index contributed by atoms with van der Waals surface area (Å²) in [4.78, 5) is 22.7. The van der Waals surface area contributed by atoms with E-state index in [-0.39, 0.29) is 17.0 Å². The van der Waals surface area contributed by atoms with Crippen LogP contribution in [0.3, 0.4) is 0 Å². The van der Waals surface area contributed by atoms with Crippen LogP contribution in [0.15, 0.2) is 29.3 Å². The number of carbonyl (C=O) groups is 1. The summed E-state index contributed by atoms with van der Waals surface area (Å²) >= 11 is 2.95.